The van der Waals surface area contributed by atoms with Crippen molar-refractivity contribution in [3.63, 3.8) is 0 Å². The first-order chi connectivity index (χ1) is 13.7. The zero-order valence-corrected chi connectivity index (χ0v) is 19.5. The fourth-order valence-corrected chi connectivity index (χ4v) is 6.79. The van der Waals surface area contributed by atoms with Gasteiger partial charge in [0.2, 0.25) is 18.2 Å². The molecule has 0 fully saturated rings. The van der Waals surface area contributed by atoms with Crippen LogP contribution >= 0.6 is 7.14 Å². The Labute approximate surface area is 175 Å². The molecule has 1 atom stereocenters. The lowest BCUT2D eigenvalue weighted by atomic mass is 9.98. The first-order valence-corrected chi connectivity index (χ1v) is 12.5. The van der Waals surface area contributed by atoms with Crippen molar-refractivity contribution < 1.29 is 14.2 Å². The summed E-state index contributed by atoms with van der Waals surface area (Å²) in [5.41, 5.74) is 4.41. The summed E-state index contributed by atoms with van der Waals surface area (Å²) < 4.78 is 14.2. The minimum atomic E-state index is -3.79. The number of hydrogen-bond donors (Lipinski definition) is 0. The smallest absolute Gasteiger partial charge is 0.229 e. The molecule has 0 heterocycles. The van der Waals surface area contributed by atoms with Gasteiger partial charge in [0.05, 0.1) is 0 Å². The van der Waals surface area contributed by atoms with E-state index in [-0.39, 0.29) is 6.16 Å². The highest BCUT2D eigenvalue weighted by Gasteiger charge is 2.42. The molecule has 3 nitrogen and oxygen atoms in total. The average Bonchev–Trinajstić information content (AvgIpc) is 2.69. The van der Waals surface area contributed by atoms with Crippen LogP contribution in [0.25, 0.3) is 0 Å². The molecule has 0 radical (unpaired) electrons. The van der Waals surface area contributed by atoms with E-state index in [4.69, 9.17) is 0 Å². The van der Waals surface area contributed by atoms with Crippen molar-refractivity contribution in [3.8, 4) is 0 Å². The zero-order chi connectivity index (χ0) is 21.8. The van der Waals surface area contributed by atoms with Crippen molar-refractivity contribution in [2.45, 2.75) is 67.2 Å². The van der Waals surface area contributed by atoms with Crippen LogP contribution in [0, 0.1) is 20.8 Å². The van der Waals surface area contributed by atoms with Crippen LogP contribution in [-0.2, 0) is 17.4 Å². The van der Waals surface area contributed by atoms with Gasteiger partial charge in [-0.05, 0) is 62.3 Å². The predicted molar refractivity (Wildman–Crippen MR) is 122 cm³/mol. The molecule has 0 bridgehead atoms. The molecule has 0 aromatic heterocycles. The molecular weight excluding hydrogens is 379 g/mol. The summed E-state index contributed by atoms with van der Waals surface area (Å²) in [6.07, 6.45) is 2.84. The summed E-state index contributed by atoms with van der Waals surface area (Å²) >= 11 is 0. The maximum atomic E-state index is 14.2. The van der Waals surface area contributed by atoms with E-state index >= 15 is 0 Å². The summed E-state index contributed by atoms with van der Waals surface area (Å²) in [7, 11) is -3.79. The van der Waals surface area contributed by atoms with Crippen molar-refractivity contribution in [3.05, 3.63) is 69.3 Å². The van der Waals surface area contributed by atoms with Crippen LogP contribution in [-0.4, -0.2) is 17.2 Å². The van der Waals surface area contributed by atoms with Gasteiger partial charge in [0.15, 0.2) is 0 Å². The second kappa shape index (κ2) is 9.67. The highest BCUT2D eigenvalue weighted by molar-refractivity contribution is 7.95. The number of hydrogen-bond acceptors (Lipinski definition) is 3. The summed E-state index contributed by atoms with van der Waals surface area (Å²) in [5.74, 6) is 0. The maximum absolute atomic E-state index is 14.2. The molecule has 0 spiro atoms. The molecular formula is C25H33O3P. The topological polar surface area (TPSA) is 51.2 Å². The van der Waals surface area contributed by atoms with Crippen LogP contribution in [0.2, 0.25) is 0 Å². The molecule has 0 saturated heterocycles. The van der Waals surface area contributed by atoms with Gasteiger partial charge in [-0.3, -0.25) is 9.59 Å². The molecule has 0 amide bonds. The molecule has 4 heteroatoms. The fraction of sp³-hybridized carbons (Fsp3) is 0.440. The van der Waals surface area contributed by atoms with Crippen LogP contribution < -0.4 is 0 Å². The Bertz CT molecular complexity index is 927. The molecule has 156 valence electrons. The van der Waals surface area contributed by atoms with Crippen LogP contribution in [0.4, 0.5) is 0 Å². The van der Waals surface area contributed by atoms with Gasteiger partial charge in [0.25, 0.3) is 0 Å². The van der Waals surface area contributed by atoms with E-state index in [0.717, 1.165) is 34.2 Å². The van der Waals surface area contributed by atoms with Crippen LogP contribution in [0.1, 0.15) is 82.1 Å². The van der Waals surface area contributed by atoms with Gasteiger partial charge in [0, 0.05) is 17.3 Å². The molecule has 2 aromatic carbocycles. The molecule has 0 aliphatic carbocycles. The third kappa shape index (κ3) is 4.61. The molecule has 29 heavy (non-hydrogen) atoms. The van der Waals surface area contributed by atoms with Gasteiger partial charge in [-0.1, -0.05) is 63.1 Å². The average molecular weight is 413 g/mol. The van der Waals surface area contributed by atoms with Crippen molar-refractivity contribution in [2.75, 3.05) is 6.16 Å². The Hall–Kier alpha value is -1.99. The van der Waals surface area contributed by atoms with Gasteiger partial charge in [-0.25, -0.2) is 0 Å². The van der Waals surface area contributed by atoms with Crippen LogP contribution in [0.3, 0.4) is 0 Å². The summed E-state index contributed by atoms with van der Waals surface area (Å²) in [4.78, 5) is 27.4. The highest BCUT2D eigenvalue weighted by Crippen LogP contribution is 2.54. The van der Waals surface area contributed by atoms with E-state index in [0.29, 0.717) is 30.4 Å². The lowest BCUT2D eigenvalue weighted by Crippen LogP contribution is -2.18. The highest BCUT2D eigenvalue weighted by atomic mass is 31.2. The Kier molecular flexibility index (Phi) is 7.77. The monoisotopic (exact) mass is 412 g/mol. The summed E-state index contributed by atoms with van der Waals surface area (Å²) in [6, 6.07) is 9.59. The van der Waals surface area contributed by atoms with E-state index in [9.17, 15) is 14.2 Å². The molecule has 2 aromatic rings. The van der Waals surface area contributed by atoms with Crippen molar-refractivity contribution in [2.24, 2.45) is 0 Å². The minimum absolute atomic E-state index is 0.134. The van der Waals surface area contributed by atoms with Crippen molar-refractivity contribution >= 4 is 18.2 Å². The second-order valence-corrected chi connectivity index (χ2v) is 10.6. The third-order valence-electron chi connectivity index (χ3n) is 5.59. The largest absolute Gasteiger partial charge is 0.307 e. The van der Waals surface area contributed by atoms with Crippen molar-refractivity contribution in [1.29, 1.82) is 0 Å². The number of carbonyl (C=O) groups is 2. The number of aryl methyl sites for hydroxylation is 5. The van der Waals surface area contributed by atoms with Gasteiger partial charge in [0.1, 0.15) is 0 Å². The van der Waals surface area contributed by atoms with Gasteiger partial charge < -0.3 is 4.57 Å². The zero-order valence-electron chi connectivity index (χ0n) is 18.6. The first kappa shape index (κ1) is 23.3. The standard InChI is InChI=1S/C25H33O3P/c1-7-10-14-29(28,24(26)22-18(5)15-17(4)16-19(22)6)25(27)23-20(8-2)12-11-13-21(23)9-3/h11-13,15-16H,7-10,14H2,1-6H3. The van der Waals surface area contributed by atoms with E-state index < -0.39 is 18.2 Å². The Morgan fingerprint density at radius 1 is 0.828 bits per heavy atom. The SMILES string of the molecule is CCCCP(=O)(C(=O)c1c(C)cc(C)cc1C)C(=O)c1c(CC)cccc1CC. The second-order valence-electron chi connectivity index (χ2n) is 7.86. The Morgan fingerprint density at radius 3 is 1.76 bits per heavy atom. The minimum Gasteiger partial charge on any atom is -0.307 e. The normalized spacial score (nSPS) is 13.2. The van der Waals surface area contributed by atoms with Gasteiger partial charge in [-0.2, -0.15) is 0 Å². The van der Waals surface area contributed by atoms with Crippen molar-refractivity contribution in [1.82, 2.24) is 0 Å². The summed E-state index contributed by atoms with van der Waals surface area (Å²) in [6.45, 7) is 11.6. The van der Waals surface area contributed by atoms with E-state index in [2.05, 4.69) is 0 Å². The van der Waals surface area contributed by atoms with E-state index in [1.54, 1.807) is 0 Å². The molecule has 0 N–H and O–H groups in total. The Balaban J connectivity index is 2.70. The lowest BCUT2D eigenvalue weighted by molar-refractivity contribution is 0.103. The van der Waals surface area contributed by atoms with E-state index in [1.807, 2.05) is 71.9 Å². The number of rotatable bonds is 9. The molecule has 0 aliphatic heterocycles. The first-order valence-electron chi connectivity index (χ1n) is 10.6. The van der Waals surface area contributed by atoms with E-state index in [1.165, 1.54) is 0 Å². The number of carbonyl (C=O) groups excluding carboxylic acids is 2. The molecule has 0 aliphatic rings. The van der Waals surface area contributed by atoms with Crippen LogP contribution in [0.15, 0.2) is 30.3 Å². The maximum Gasteiger partial charge on any atom is 0.229 e. The quantitative estimate of drug-likeness (QED) is 0.422. The Morgan fingerprint density at radius 2 is 1.31 bits per heavy atom. The number of benzene rings is 2. The van der Waals surface area contributed by atoms with Crippen LogP contribution in [0.5, 0.6) is 0 Å². The summed E-state index contributed by atoms with van der Waals surface area (Å²) in [5, 5.41) is 0. The predicted octanol–water partition coefficient (Wildman–Crippen LogP) is 6.88. The van der Waals surface area contributed by atoms with Gasteiger partial charge in [-0.15, -0.1) is 0 Å². The van der Waals surface area contributed by atoms with Gasteiger partial charge >= 0.3 is 0 Å². The third-order valence-corrected chi connectivity index (χ3v) is 8.29. The molecule has 0 saturated carbocycles. The molecule has 1 unspecified atom stereocenters. The fourth-order valence-electron chi connectivity index (χ4n) is 4.07. The molecule has 2 rings (SSSR count). The lowest BCUT2D eigenvalue weighted by Gasteiger charge is -2.21. The number of unbranched alkanes of at least 4 members (excludes halogenated alkanes) is 1.